The maximum Gasteiger partial charge on any atom is 0.350 e. The zero-order valence-electron chi connectivity index (χ0n) is 12.5. The van der Waals surface area contributed by atoms with Crippen molar-refractivity contribution in [2.75, 3.05) is 6.54 Å². The van der Waals surface area contributed by atoms with Gasteiger partial charge in [-0.25, -0.2) is 9.48 Å². The van der Waals surface area contributed by atoms with Crippen LogP contribution in [-0.4, -0.2) is 32.3 Å². The molecule has 8 heteroatoms. The summed E-state index contributed by atoms with van der Waals surface area (Å²) in [4.78, 5) is 24.0. The van der Waals surface area contributed by atoms with Crippen molar-refractivity contribution in [3.05, 3.63) is 34.9 Å². The van der Waals surface area contributed by atoms with Crippen molar-refractivity contribution in [1.82, 2.24) is 19.5 Å². The van der Waals surface area contributed by atoms with Crippen molar-refractivity contribution >= 4 is 11.6 Å². The molecule has 23 heavy (non-hydrogen) atoms. The first-order valence-electron chi connectivity index (χ1n) is 7.32. The monoisotopic (exact) mass is 312 g/mol. The van der Waals surface area contributed by atoms with Gasteiger partial charge in [0.05, 0.1) is 0 Å². The lowest BCUT2D eigenvalue weighted by atomic mass is 10.0. The lowest BCUT2D eigenvalue weighted by Gasteiger charge is -2.09. The van der Waals surface area contributed by atoms with Crippen LogP contribution in [0.5, 0.6) is 0 Å². The molecule has 0 fully saturated rings. The zero-order valence-corrected chi connectivity index (χ0v) is 12.5. The minimum Gasteiger partial charge on any atom is -0.354 e. The van der Waals surface area contributed by atoms with Gasteiger partial charge in [0.1, 0.15) is 6.54 Å². The van der Waals surface area contributed by atoms with Gasteiger partial charge in [-0.3, -0.25) is 9.20 Å². The second kappa shape index (κ2) is 6.04. The van der Waals surface area contributed by atoms with Crippen molar-refractivity contribution < 1.29 is 4.79 Å². The Morgan fingerprint density at radius 1 is 1.35 bits per heavy atom. The SMILES string of the molecule is C#CCCC1(CCNC(=O)Cn2nc3ccccn3c2=O)N=N1. The van der Waals surface area contributed by atoms with Gasteiger partial charge >= 0.3 is 5.69 Å². The smallest absolute Gasteiger partial charge is 0.350 e. The van der Waals surface area contributed by atoms with Crippen molar-refractivity contribution in [3.63, 3.8) is 0 Å². The predicted molar refractivity (Wildman–Crippen MR) is 82.7 cm³/mol. The van der Waals surface area contributed by atoms with Crippen molar-refractivity contribution in [3.8, 4) is 12.3 Å². The van der Waals surface area contributed by atoms with E-state index >= 15 is 0 Å². The maximum atomic E-state index is 12.1. The van der Waals surface area contributed by atoms with Crippen molar-refractivity contribution in [2.45, 2.75) is 31.5 Å². The van der Waals surface area contributed by atoms with Gasteiger partial charge in [-0.2, -0.15) is 10.2 Å². The Bertz CT molecular complexity index is 851. The number of aromatic nitrogens is 3. The molecule has 0 atom stereocenters. The van der Waals surface area contributed by atoms with Crippen LogP contribution in [0.15, 0.2) is 39.4 Å². The molecule has 0 radical (unpaired) electrons. The molecule has 1 amide bonds. The van der Waals surface area contributed by atoms with Gasteiger partial charge in [0.15, 0.2) is 11.3 Å². The van der Waals surface area contributed by atoms with Crippen molar-refractivity contribution in [2.24, 2.45) is 10.2 Å². The first-order valence-corrected chi connectivity index (χ1v) is 7.32. The Kier molecular flexibility index (Phi) is 3.93. The topological polar surface area (TPSA) is 93.1 Å². The molecule has 2 aromatic rings. The molecular formula is C15H16N6O2. The average molecular weight is 312 g/mol. The second-order valence-electron chi connectivity index (χ2n) is 5.36. The molecule has 3 rings (SSSR count). The highest BCUT2D eigenvalue weighted by Gasteiger charge is 2.38. The first-order chi connectivity index (χ1) is 11.1. The van der Waals surface area contributed by atoms with Gasteiger partial charge in [-0.05, 0) is 12.1 Å². The number of fused-ring (bicyclic) bond motifs is 1. The molecule has 118 valence electrons. The van der Waals surface area contributed by atoms with E-state index < -0.39 is 5.66 Å². The van der Waals surface area contributed by atoms with E-state index in [9.17, 15) is 9.59 Å². The summed E-state index contributed by atoms with van der Waals surface area (Å²) in [5.74, 6) is 2.28. The molecule has 0 spiro atoms. The van der Waals surface area contributed by atoms with Crippen LogP contribution in [0, 0.1) is 12.3 Å². The van der Waals surface area contributed by atoms with Crippen LogP contribution in [-0.2, 0) is 11.3 Å². The lowest BCUT2D eigenvalue weighted by molar-refractivity contribution is -0.121. The number of pyridine rings is 1. The first kappa shape index (κ1) is 15.0. The van der Waals surface area contributed by atoms with E-state index in [1.165, 1.54) is 4.40 Å². The molecule has 0 saturated carbocycles. The van der Waals surface area contributed by atoms with Gasteiger partial charge in [-0.1, -0.05) is 6.07 Å². The molecule has 3 heterocycles. The zero-order chi connectivity index (χ0) is 16.3. The number of carbonyl (C=O) groups excluding carboxylic acids is 1. The quantitative estimate of drug-likeness (QED) is 0.758. The number of carbonyl (C=O) groups is 1. The fourth-order valence-corrected chi connectivity index (χ4v) is 2.33. The molecule has 1 aliphatic rings. The number of hydrogen-bond acceptors (Lipinski definition) is 5. The van der Waals surface area contributed by atoms with Crippen molar-refractivity contribution in [1.29, 1.82) is 0 Å². The van der Waals surface area contributed by atoms with E-state index in [2.05, 4.69) is 26.6 Å². The van der Waals surface area contributed by atoms with E-state index in [1.807, 2.05) is 0 Å². The Hall–Kier alpha value is -2.95. The van der Waals surface area contributed by atoms with Crippen LogP contribution in [0.25, 0.3) is 5.65 Å². The molecular weight excluding hydrogens is 296 g/mol. The Labute approximate surface area is 132 Å². The number of nitrogens with one attached hydrogen (secondary N) is 1. The lowest BCUT2D eigenvalue weighted by Crippen LogP contribution is -2.34. The Balaban J connectivity index is 1.52. The third kappa shape index (κ3) is 3.29. The third-order valence-corrected chi connectivity index (χ3v) is 3.68. The second-order valence-corrected chi connectivity index (χ2v) is 5.36. The summed E-state index contributed by atoms with van der Waals surface area (Å²) >= 11 is 0. The van der Waals surface area contributed by atoms with Crippen LogP contribution in [0.3, 0.4) is 0 Å². The summed E-state index contributed by atoms with van der Waals surface area (Å²) in [6.07, 6.45) is 8.76. The van der Waals surface area contributed by atoms with Crippen LogP contribution in [0.2, 0.25) is 0 Å². The number of terminal acetylenes is 1. The number of rotatable bonds is 7. The summed E-state index contributed by atoms with van der Waals surface area (Å²) in [5.41, 5.74) is -0.248. The highest BCUT2D eigenvalue weighted by molar-refractivity contribution is 5.75. The van der Waals surface area contributed by atoms with E-state index in [-0.39, 0.29) is 18.1 Å². The molecule has 0 saturated heterocycles. The molecule has 1 aliphatic heterocycles. The Morgan fingerprint density at radius 2 is 2.17 bits per heavy atom. The molecule has 0 aromatic carbocycles. The molecule has 8 nitrogen and oxygen atoms in total. The molecule has 0 aliphatic carbocycles. The normalized spacial score (nSPS) is 14.6. The molecule has 2 aromatic heterocycles. The van der Waals surface area contributed by atoms with Gasteiger partial charge < -0.3 is 5.32 Å². The van der Waals surface area contributed by atoms with E-state index in [0.717, 1.165) is 4.68 Å². The average Bonchev–Trinajstić information content (AvgIpc) is 3.25. The summed E-state index contributed by atoms with van der Waals surface area (Å²) in [6, 6.07) is 5.23. The van der Waals surface area contributed by atoms with Crippen LogP contribution in [0.4, 0.5) is 0 Å². The fraction of sp³-hybridized carbons (Fsp3) is 0.400. The van der Waals surface area contributed by atoms with Crippen LogP contribution in [0.1, 0.15) is 19.3 Å². The summed E-state index contributed by atoms with van der Waals surface area (Å²) in [6.45, 7) is 0.310. The molecule has 1 N–H and O–H groups in total. The van der Waals surface area contributed by atoms with E-state index in [0.29, 0.717) is 31.5 Å². The van der Waals surface area contributed by atoms with E-state index in [4.69, 9.17) is 6.42 Å². The minimum absolute atomic E-state index is 0.119. The summed E-state index contributed by atoms with van der Waals surface area (Å²) in [7, 11) is 0. The maximum absolute atomic E-state index is 12.1. The fourth-order valence-electron chi connectivity index (χ4n) is 2.33. The van der Waals surface area contributed by atoms with Gasteiger partial charge in [0.25, 0.3) is 0 Å². The highest BCUT2D eigenvalue weighted by Crippen LogP contribution is 2.35. The Morgan fingerprint density at radius 3 is 2.87 bits per heavy atom. The predicted octanol–water partition coefficient (Wildman–Crippen LogP) is 0.578. The van der Waals surface area contributed by atoms with Gasteiger partial charge in [0, 0.05) is 32.0 Å². The van der Waals surface area contributed by atoms with Gasteiger partial charge in [-0.15, -0.1) is 17.4 Å². The molecule has 0 bridgehead atoms. The number of nitrogens with zero attached hydrogens (tertiary/aromatic N) is 5. The number of hydrogen-bond donors (Lipinski definition) is 1. The van der Waals surface area contributed by atoms with Crippen LogP contribution < -0.4 is 11.0 Å². The summed E-state index contributed by atoms with van der Waals surface area (Å²) in [5, 5.41) is 14.9. The summed E-state index contributed by atoms with van der Waals surface area (Å²) < 4.78 is 2.54. The molecule has 0 unspecified atom stereocenters. The van der Waals surface area contributed by atoms with E-state index in [1.54, 1.807) is 24.4 Å². The third-order valence-electron chi connectivity index (χ3n) is 3.68. The van der Waals surface area contributed by atoms with Gasteiger partial charge in [0.2, 0.25) is 5.91 Å². The minimum atomic E-state index is -0.417. The number of amides is 1. The largest absolute Gasteiger partial charge is 0.354 e. The standard InChI is InChI=1S/C15H16N6O2/c1-2-3-7-15(18-19-15)8-9-16-13(22)11-21-14(23)20-10-5-4-6-12(20)17-21/h1,4-6,10H,3,7-9,11H2,(H,16,22). The van der Waals surface area contributed by atoms with Crippen LogP contribution >= 0.6 is 0 Å². The highest BCUT2D eigenvalue weighted by atomic mass is 16.2.